The van der Waals surface area contributed by atoms with Crippen LogP contribution in [0.25, 0.3) is 0 Å². The fourth-order valence-corrected chi connectivity index (χ4v) is 2.43. The van der Waals surface area contributed by atoms with E-state index in [0.717, 1.165) is 6.07 Å². The molecule has 9 heteroatoms. The van der Waals surface area contributed by atoms with Crippen LogP contribution in [0.4, 0.5) is 0 Å². The number of hydrogen-bond acceptors (Lipinski definition) is 5. The van der Waals surface area contributed by atoms with Crippen molar-refractivity contribution in [2.24, 2.45) is 5.73 Å². The van der Waals surface area contributed by atoms with Crippen molar-refractivity contribution < 1.29 is 27.5 Å². The third-order valence-corrected chi connectivity index (χ3v) is 3.60. The minimum atomic E-state index is -3.91. The lowest BCUT2D eigenvalue weighted by Gasteiger charge is -2.03. The molecule has 8 nitrogen and oxygen atoms in total. The Hall–Kier alpha value is -1.87. The maximum atomic E-state index is 11.8. The number of aromatic carboxylic acids is 1. The standard InChI is InChI=1S/C9H12N2O6S/c1-5-7(4-6(17-5)9(13)14)18(15,16)11-3-2-8(10)12/h4,11H,2-3H2,1H3,(H2,10,12)(H,13,14). The van der Waals surface area contributed by atoms with Gasteiger partial charge < -0.3 is 15.3 Å². The zero-order valence-electron chi connectivity index (χ0n) is 9.47. The van der Waals surface area contributed by atoms with Crippen LogP contribution in [-0.4, -0.2) is 31.9 Å². The number of sulfonamides is 1. The second-order valence-corrected chi connectivity index (χ2v) is 5.19. The first-order valence-corrected chi connectivity index (χ1v) is 6.34. The van der Waals surface area contributed by atoms with E-state index in [-0.39, 0.29) is 23.6 Å². The van der Waals surface area contributed by atoms with Gasteiger partial charge in [0.1, 0.15) is 10.7 Å². The van der Waals surface area contributed by atoms with E-state index < -0.39 is 27.7 Å². The maximum absolute atomic E-state index is 11.8. The van der Waals surface area contributed by atoms with E-state index in [9.17, 15) is 18.0 Å². The minimum Gasteiger partial charge on any atom is -0.475 e. The van der Waals surface area contributed by atoms with Crippen LogP contribution in [0.2, 0.25) is 0 Å². The van der Waals surface area contributed by atoms with Gasteiger partial charge in [0.05, 0.1) is 0 Å². The van der Waals surface area contributed by atoms with Crippen LogP contribution in [0.3, 0.4) is 0 Å². The molecule has 0 spiro atoms. The summed E-state index contributed by atoms with van der Waals surface area (Å²) in [5, 5.41) is 8.67. The van der Waals surface area contributed by atoms with Gasteiger partial charge in [0.2, 0.25) is 21.7 Å². The Bertz CT molecular complexity index is 574. The Morgan fingerprint density at radius 1 is 1.50 bits per heavy atom. The van der Waals surface area contributed by atoms with Crippen molar-refractivity contribution in [2.75, 3.05) is 6.54 Å². The van der Waals surface area contributed by atoms with Crippen molar-refractivity contribution in [1.29, 1.82) is 0 Å². The van der Waals surface area contributed by atoms with Crippen LogP contribution in [0, 0.1) is 6.92 Å². The molecule has 4 N–H and O–H groups in total. The Balaban J connectivity index is 2.91. The van der Waals surface area contributed by atoms with Crippen LogP contribution >= 0.6 is 0 Å². The van der Waals surface area contributed by atoms with Crippen LogP contribution in [0.5, 0.6) is 0 Å². The first-order valence-electron chi connectivity index (χ1n) is 4.85. The molecule has 1 heterocycles. The van der Waals surface area contributed by atoms with Crippen molar-refractivity contribution in [3.63, 3.8) is 0 Å². The summed E-state index contributed by atoms with van der Waals surface area (Å²) in [5.41, 5.74) is 4.86. The van der Waals surface area contributed by atoms with Gasteiger partial charge >= 0.3 is 5.97 Å². The predicted molar refractivity (Wildman–Crippen MR) is 59.4 cm³/mol. The third-order valence-electron chi connectivity index (χ3n) is 2.04. The highest BCUT2D eigenvalue weighted by molar-refractivity contribution is 7.89. The van der Waals surface area contributed by atoms with Gasteiger partial charge in [-0.05, 0) is 6.92 Å². The normalized spacial score (nSPS) is 11.4. The number of rotatable bonds is 6. The topological polar surface area (TPSA) is 140 Å². The molecule has 0 saturated carbocycles. The monoisotopic (exact) mass is 276 g/mol. The molecule has 0 fully saturated rings. The van der Waals surface area contributed by atoms with Crippen LogP contribution in [0.1, 0.15) is 22.7 Å². The summed E-state index contributed by atoms with van der Waals surface area (Å²) in [5.74, 6) is -2.52. The SMILES string of the molecule is Cc1oc(C(=O)O)cc1S(=O)(=O)NCCC(N)=O. The smallest absolute Gasteiger partial charge is 0.371 e. The Morgan fingerprint density at radius 3 is 2.56 bits per heavy atom. The fourth-order valence-electron chi connectivity index (χ4n) is 1.22. The molecule has 1 aromatic heterocycles. The number of primary amides is 1. The zero-order valence-corrected chi connectivity index (χ0v) is 10.3. The molecule has 0 bridgehead atoms. The van der Waals surface area contributed by atoms with Gasteiger partial charge in [-0.2, -0.15) is 0 Å². The molecule has 0 aliphatic heterocycles. The number of carbonyl (C=O) groups excluding carboxylic acids is 1. The summed E-state index contributed by atoms with van der Waals surface area (Å²) in [6.07, 6.45) is -0.151. The zero-order chi connectivity index (χ0) is 13.9. The van der Waals surface area contributed by atoms with Crippen molar-refractivity contribution in [2.45, 2.75) is 18.2 Å². The van der Waals surface area contributed by atoms with Gasteiger partial charge in [-0.25, -0.2) is 17.9 Å². The average molecular weight is 276 g/mol. The van der Waals surface area contributed by atoms with Gasteiger partial charge in [-0.1, -0.05) is 0 Å². The van der Waals surface area contributed by atoms with Crippen molar-refractivity contribution >= 4 is 21.9 Å². The molecule has 1 amide bonds. The van der Waals surface area contributed by atoms with E-state index in [1.807, 2.05) is 0 Å². The van der Waals surface area contributed by atoms with Gasteiger partial charge in [0.25, 0.3) is 0 Å². The Morgan fingerprint density at radius 2 is 2.11 bits per heavy atom. The molecule has 18 heavy (non-hydrogen) atoms. The molecular formula is C9H12N2O6S. The van der Waals surface area contributed by atoms with Crippen molar-refractivity contribution in [1.82, 2.24) is 4.72 Å². The molecule has 1 rings (SSSR count). The summed E-state index contributed by atoms with van der Waals surface area (Å²) in [6, 6.07) is 0.907. The highest BCUT2D eigenvalue weighted by Gasteiger charge is 2.23. The van der Waals surface area contributed by atoms with Gasteiger partial charge in [0, 0.05) is 19.0 Å². The number of aryl methyl sites for hydroxylation is 1. The molecule has 1 aromatic rings. The quantitative estimate of drug-likeness (QED) is 0.636. The Labute approximate surface area is 103 Å². The number of nitrogens with two attached hydrogens (primary N) is 1. The second kappa shape index (κ2) is 5.19. The molecule has 100 valence electrons. The Kier molecular flexibility index (Phi) is 4.09. The van der Waals surface area contributed by atoms with E-state index in [4.69, 9.17) is 15.3 Å². The maximum Gasteiger partial charge on any atom is 0.371 e. The number of carbonyl (C=O) groups is 2. The number of carboxylic acid groups (broad SMARTS) is 1. The van der Waals surface area contributed by atoms with Gasteiger partial charge in [-0.15, -0.1) is 0 Å². The third kappa shape index (κ3) is 3.31. The van der Waals surface area contributed by atoms with Gasteiger partial charge in [0.15, 0.2) is 0 Å². The van der Waals surface area contributed by atoms with E-state index in [2.05, 4.69) is 4.72 Å². The lowest BCUT2D eigenvalue weighted by atomic mass is 10.4. The molecule has 0 radical (unpaired) electrons. The predicted octanol–water partition coefficient (Wildman–Crippen LogP) is -0.560. The second-order valence-electron chi connectivity index (χ2n) is 3.45. The van der Waals surface area contributed by atoms with E-state index in [1.165, 1.54) is 6.92 Å². The first kappa shape index (κ1) is 14.2. The molecule has 0 atom stereocenters. The van der Waals surface area contributed by atoms with Crippen molar-refractivity contribution in [3.05, 3.63) is 17.6 Å². The molecule has 0 unspecified atom stereocenters. The number of nitrogens with one attached hydrogen (secondary N) is 1. The summed E-state index contributed by atoms with van der Waals surface area (Å²) in [7, 11) is -3.91. The fraction of sp³-hybridized carbons (Fsp3) is 0.333. The first-order chi connectivity index (χ1) is 8.24. The summed E-state index contributed by atoms with van der Waals surface area (Å²) < 4.78 is 30.4. The molecule has 0 aliphatic carbocycles. The lowest BCUT2D eigenvalue weighted by Crippen LogP contribution is -2.28. The summed E-state index contributed by atoms with van der Waals surface area (Å²) >= 11 is 0. The largest absolute Gasteiger partial charge is 0.475 e. The molecule has 0 aromatic carbocycles. The highest BCUT2D eigenvalue weighted by atomic mass is 32.2. The summed E-state index contributed by atoms with van der Waals surface area (Å²) in [6.45, 7) is 1.17. The number of hydrogen-bond donors (Lipinski definition) is 3. The van der Waals surface area contributed by atoms with Crippen LogP contribution < -0.4 is 10.5 Å². The lowest BCUT2D eigenvalue weighted by molar-refractivity contribution is -0.117. The summed E-state index contributed by atoms with van der Waals surface area (Å²) in [4.78, 5) is 20.8. The van der Waals surface area contributed by atoms with E-state index >= 15 is 0 Å². The van der Waals surface area contributed by atoms with E-state index in [0.29, 0.717) is 0 Å². The van der Waals surface area contributed by atoms with Gasteiger partial charge in [-0.3, -0.25) is 4.79 Å². The molecule has 0 aliphatic rings. The number of amides is 1. The molecule has 0 saturated heterocycles. The van der Waals surface area contributed by atoms with Crippen LogP contribution in [-0.2, 0) is 14.8 Å². The highest BCUT2D eigenvalue weighted by Crippen LogP contribution is 2.19. The van der Waals surface area contributed by atoms with E-state index in [1.54, 1.807) is 0 Å². The average Bonchev–Trinajstić information content (AvgIpc) is 2.60. The molecular weight excluding hydrogens is 264 g/mol. The minimum absolute atomic E-state index is 0.0426. The number of carboxylic acids is 1. The number of furan rings is 1. The van der Waals surface area contributed by atoms with Crippen LogP contribution in [0.15, 0.2) is 15.4 Å². The van der Waals surface area contributed by atoms with Crippen molar-refractivity contribution in [3.8, 4) is 0 Å².